The molecule has 1 aliphatic rings. The Kier molecular flexibility index (Phi) is 2.17. The van der Waals surface area contributed by atoms with E-state index in [1.54, 1.807) is 7.11 Å². The van der Waals surface area contributed by atoms with Gasteiger partial charge in [0.2, 0.25) is 0 Å². The van der Waals surface area contributed by atoms with Gasteiger partial charge in [-0.05, 0) is 31.0 Å². The fourth-order valence-electron chi connectivity index (χ4n) is 1.67. The van der Waals surface area contributed by atoms with Gasteiger partial charge < -0.3 is 4.74 Å². The molecule has 1 saturated carbocycles. The van der Waals surface area contributed by atoms with Crippen LogP contribution in [0.15, 0.2) is 18.2 Å². The summed E-state index contributed by atoms with van der Waals surface area (Å²) < 4.78 is 5.27. The second-order valence-corrected chi connectivity index (χ2v) is 4.01. The Morgan fingerprint density at radius 2 is 2.21 bits per heavy atom. The lowest BCUT2D eigenvalue weighted by Gasteiger charge is -2.13. The van der Waals surface area contributed by atoms with Gasteiger partial charge in [0.15, 0.2) is 0 Å². The standard InChI is InChI=1S/C12H11ClO/c1-3-12(6-7-12)10-8-9(13)4-5-11(10)14-2/h1,4-5,8H,6-7H2,2H3. The van der Waals surface area contributed by atoms with E-state index in [4.69, 9.17) is 22.8 Å². The van der Waals surface area contributed by atoms with Crippen molar-refractivity contribution in [2.45, 2.75) is 18.3 Å². The number of hydrogen-bond donors (Lipinski definition) is 0. The molecule has 0 bridgehead atoms. The van der Waals surface area contributed by atoms with Crippen molar-refractivity contribution in [1.29, 1.82) is 0 Å². The number of terminal acetylenes is 1. The quantitative estimate of drug-likeness (QED) is 0.676. The van der Waals surface area contributed by atoms with Crippen LogP contribution in [-0.2, 0) is 5.41 Å². The van der Waals surface area contributed by atoms with Crippen LogP contribution in [0, 0.1) is 12.3 Å². The highest BCUT2D eigenvalue weighted by Gasteiger charge is 2.44. The summed E-state index contributed by atoms with van der Waals surface area (Å²) in [6, 6.07) is 5.60. The molecular formula is C12H11ClO. The number of methoxy groups -OCH3 is 1. The van der Waals surface area contributed by atoms with E-state index in [9.17, 15) is 0 Å². The Hall–Kier alpha value is -1.13. The Balaban J connectivity index is 2.51. The maximum Gasteiger partial charge on any atom is 0.123 e. The van der Waals surface area contributed by atoms with Gasteiger partial charge in [-0.25, -0.2) is 0 Å². The molecule has 2 rings (SSSR count). The average Bonchev–Trinajstić information content (AvgIpc) is 2.98. The molecule has 0 atom stereocenters. The molecule has 0 saturated heterocycles. The lowest BCUT2D eigenvalue weighted by molar-refractivity contribution is 0.407. The van der Waals surface area contributed by atoms with Gasteiger partial charge in [-0.1, -0.05) is 17.5 Å². The molecular weight excluding hydrogens is 196 g/mol. The maximum atomic E-state index is 5.94. The highest BCUT2D eigenvalue weighted by Crippen LogP contribution is 2.51. The van der Waals surface area contributed by atoms with Crippen LogP contribution in [0.2, 0.25) is 5.02 Å². The van der Waals surface area contributed by atoms with E-state index in [2.05, 4.69) is 5.92 Å². The van der Waals surface area contributed by atoms with Crippen molar-refractivity contribution in [3.63, 3.8) is 0 Å². The summed E-state index contributed by atoms with van der Waals surface area (Å²) in [5, 5.41) is 0.710. The molecule has 0 spiro atoms. The van der Waals surface area contributed by atoms with Crippen LogP contribution in [0.4, 0.5) is 0 Å². The highest BCUT2D eigenvalue weighted by atomic mass is 35.5. The van der Waals surface area contributed by atoms with Gasteiger partial charge in [0.1, 0.15) is 5.75 Å². The predicted molar refractivity (Wildman–Crippen MR) is 57.7 cm³/mol. The Morgan fingerprint density at radius 3 is 2.71 bits per heavy atom. The lowest BCUT2D eigenvalue weighted by atomic mass is 9.96. The van der Waals surface area contributed by atoms with Crippen molar-refractivity contribution in [2.24, 2.45) is 0 Å². The third kappa shape index (κ3) is 1.36. The van der Waals surface area contributed by atoms with Gasteiger partial charge >= 0.3 is 0 Å². The first-order chi connectivity index (χ1) is 6.72. The van der Waals surface area contributed by atoms with Crippen molar-refractivity contribution < 1.29 is 4.74 Å². The van der Waals surface area contributed by atoms with E-state index in [-0.39, 0.29) is 5.41 Å². The van der Waals surface area contributed by atoms with Gasteiger partial charge in [-0.2, -0.15) is 0 Å². The first-order valence-electron chi connectivity index (χ1n) is 4.54. The van der Waals surface area contributed by atoms with E-state index in [0.717, 1.165) is 24.2 Å². The minimum absolute atomic E-state index is 0.115. The van der Waals surface area contributed by atoms with Crippen molar-refractivity contribution in [3.05, 3.63) is 28.8 Å². The molecule has 1 aromatic rings. The van der Waals surface area contributed by atoms with Crippen LogP contribution in [0.5, 0.6) is 5.75 Å². The number of benzene rings is 1. The molecule has 0 N–H and O–H groups in total. The van der Waals surface area contributed by atoms with Gasteiger partial charge in [-0.3, -0.25) is 0 Å². The third-order valence-corrected chi connectivity index (χ3v) is 2.94. The first-order valence-corrected chi connectivity index (χ1v) is 4.91. The topological polar surface area (TPSA) is 9.23 Å². The fourth-order valence-corrected chi connectivity index (χ4v) is 1.84. The summed E-state index contributed by atoms with van der Waals surface area (Å²) in [7, 11) is 1.65. The van der Waals surface area contributed by atoms with Crippen molar-refractivity contribution in [2.75, 3.05) is 7.11 Å². The molecule has 0 aliphatic heterocycles. The number of hydrogen-bond acceptors (Lipinski definition) is 1. The minimum Gasteiger partial charge on any atom is -0.496 e. The molecule has 0 aromatic heterocycles. The van der Waals surface area contributed by atoms with Crippen molar-refractivity contribution in [3.8, 4) is 18.1 Å². The van der Waals surface area contributed by atoms with Gasteiger partial charge in [0, 0.05) is 10.6 Å². The maximum absolute atomic E-state index is 5.94. The molecule has 0 unspecified atom stereocenters. The smallest absolute Gasteiger partial charge is 0.123 e. The van der Waals surface area contributed by atoms with Crippen molar-refractivity contribution >= 4 is 11.6 Å². The van der Waals surface area contributed by atoms with E-state index in [1.807, 2.05) is 18.2 Å². The zero-order chi connectivity index (χ0) is 10.2. The normalized spacial score (nSPS) is 17.2. The molecule has 2 heteroatoms. The van der Waals surface area contributed by atoms with E-state index in [1.165, 1.54) is 0 Å². The molecule has 72 valence electrons. The van der Waals surface area contributed by atoms with Gasteiger partial charge in [0.25, 0.3) is 0 Å². The van der Waals surface area contributed by atoms with E-state index < -0.39 is 0 Å². The van der Waals surface area contributed by atoms with Crippen LogP contribution < -0.4 is 4.74 Å². The second-order valence-electron chi connectivity index (χ2n) is 3.57. The number of rotatable bonds is 2. The Labute approximate surface area is 89.0 Å². The van der Waals surface area contributed by atoms with Crippen LogP contribution in [0.1, 0.15) is 18.4 Å². The molecule has 1 aliphatic carbocycles. The summed E-state index contributed by atoms with van der Waals surface area (Å²) in [5.41, 5.74) is 0.936. The molecule has 1 nitrogen and oxygen atoms in total. The second kappa shape index (κ2) is 3.22. The Bertz CT molecular complexity index is 399. The largest absolute Gasteiger partial charge is 0.496 e. The number of ether oxygens (including phenoxy) is 1. The van der Waals surface area contributed by atoms with Crippen molar-refractivity contribution in [1.82, 2.24) is 0 Å². The van der Waals surface area contributed by atoms with Crippen LogP contribution >= 0.6 is 11.6 Å². The van der Waals surface area contributed by atoms with Crippen LogP contribution in [0.25, 0.3) is 0 Å². The predicted octanol–water partition coefficient (Wildman–Crippen LogP) is 3.01. The molecule has 1 fully saturated rings. The molecule has 0 amide bonds. The fraction of sp³-hybridized carbons (Fsp3) is 0.333. The zero-order valence-electron chi connectivity index (χ0n) is 8.01. The summed E-state index contributed by atoms with van der Waals surface area (Å²) in [6.07, 6.45) is 7.58. The Morgan fingerprint density at radius 1 is 1.50 bits per heavy atom. The third-order valence-electron chi connectivity index (χ3n) is 2.70. The molecule has 1 aromatic carbocycles. The number of halogens is 1. The first kappa shape index (κ1) is 9.43. The zero-order valence-corrected chi connectivity index (χ0v) is 8.77. The minimum atomic E-state index is -0.115. The summed E-state index contributed by atoms with van der Waals surface area (Å²) in [6.45, 7) is 0. The monoisotopic (exact) mass is 206 g/mol. The van der Waals surface area contributed by atoms with E-state index in [0.29, 0.717) is 5.02 Å². The molecule has 0 heterocycles. The summed E-state index contributed by atoms with van der Waals surface area (Å²) in [4.78, 5) is 0. The van der Waals surface area contributed by atoms with Gasteiger partial charge in [-0.15, -0.1) is 6.42 Å². The van der Waals surface area contributed by atoms with E-state index >= 15 is 0 Å². The van der Waals surface area contributed by atoms with Crippen LogP contribution in [0.3, 0.4) is 0 Å². The molecule has 0 radical (unpaired) electrons. The summed E-state index contributed by atoms with van der Waals surface area (Å²) in [5.74, 6) is 3.67. The average molecular weight is 207 g/mol. The van der Waals surface area contributed by atoms with Gasteiger partial charge in [0.05, 0.1) is 12.5 Å². The summed E-state index contributed by atoms with van der Waals surface area (Å²) >= 11 is 5.94. The highest BCUT2D eigenvalue weighted by molar-refractivity contribution is 6.30. The molecule has 14 heavy (non-hydrogen) atoms. The van der Waals surface area contributed by atoms with Crippen LogP contribution in [-0.4, -0.2) is 7.11 Å². The SMILES string of the molecule is C#CC1(c2cc(Cl)ccc2OC)CC1. The lowest BCUT2D eigenvalue weighted by Crippen LogP contribution is -2.05.